The van der Waals surface area contributed by atoms with E-state index in [1.54, 1.807) is 0 Å². The lowest BCUT2D eigenvalue weighted by Crippen LogP contribution is -2.30. The molecule has 0 aliphatic heterocycles. The second-order valence-electron chi connectivity index (χ2n) is 5.44. The van der Waals surface area contributed by atoms with Crippen molar-refractivity contribution in [2.24, 2.45) is 10.2 Å². The van der Waals surface area contributed by atoms with Gasteiger partial charge >= 0.3 is 0 Å². The van der Waals surface area contributed by atoms with Crippen molar-refractivity contribution >= 4 is 28.2 Å². The number of halogens is 1. The number of hydrogen-bond donors (Lipinski definition) is 0. The van der Waals surface area contributed by atoms with E-state index < -0.39 is 11.0 Å². The van der Waals surface area contributed by atoms with Gasteiger partial charge in [0.2, 0.25) is 11.0 Å². The molecule has 0 aliphatic rings. The van der Waals surface area contributed by atoms with Crippen LogP contribution in [0, 0.1) is 0 Å². The summed E-state index contributed by atoms with van der Waals surface area (Å²) in [7, 11) is 0. The molecule has 6 heteroatoms. The van der Waals surface area contributed by atoms with Gasteiger partial charge in [0, 0.05) is 12.8 Å². The fourth-order valence-corrected chi connectivity index (χ4v) is 2.02. The molecule has 0 aliphatic carbocycles. The minimum absolute atomic E-state index is 0.201. The molecule has 0 N–H and O–H groups in total. The van der Waals surface area contributed by atoms with Crippen molar-refractivity contribution in [2.75, 3.05) is 0 Å². The van der Waals surface area contributed by atoms with Crippen molar-refractivity contribution in [3.63, 3.8) is 0 Å². The van der Waals surface area contributed by atoms with Crippen LogP contribution in [-0.4, -0.2) is 16.5 Å². The van der Waals surface area contributed by atoms with Gasteiger partial charge < -0.3 is 4.74 Å². The number of hydrogen-bond acceptors (Lipinski definition) is 5. The molecule has 1 heterocycles. The fourth-order valence-electron chi connectivity index (χ4n) is 1.25. The molecule has 1 aromatic rings. The van der Waals surface area contributed by atoms with Crippen LogP contribution in [0.5, 0.6) is 5.06 Å². The topological polar surface area (TPSA) is 51.0 Å². The SMILES string of the molecule is CC(C)(C)N=NC(C)(CCC(=O)Cl)Oc1cccs1. The molecular weight excluding hydrogens is 284 g/mol. The molecule has 0 fully saturated rings. The summed E-state index contributed by atoms with van der Waals surface area (Å²) in [6, 6.07) is 3.76. The predicted octanol–water partition coefficient (Wildman–Crippen LogP) is 4.64. The van der Waals surface area contributed by atoms with E-state index in [0.29, 0.717) is 6.42 Å². The molecule has 19 heavy (non-hydrogen) atoms. The summed E-state index contributed by atoms with van der Waals surface area (Å²) in [5, 5.41) is 10.8. The highest BCUT2D eigenvalue weighted by molar-refractivity contribution is 7.11. The van der Waals surface area contributed by atoms with Crippen molar-refractivity contribution in [3.05, 3.63) is 17.5 Å². The minimum Gasteiger partial charge on any atom is -0.455 e. The van der Waals surface area contributed by atoms with Crippen LogP contribution in [0.2, 0.25) is 0 Å². The van der Waals surface area contributed by atoms with Crippen LogP contribution < -0.4 is 4.74 Å². The number of thiophene rings is 1. The largest absolute Gasteiger partial charge is 0.455 e. The molecule has 4 nitrogen and oxygen atoms in total. The van der Waals surface area contributed by atoms with Crippen LogP contribution >= 0.6 is 22.9 Å². The standard InChI is InChI=1S/C13H19ClN2O2S/c1-12(2,3)15-16-13(4,8-7-10(14)17)18-11-6-5-9-19-11/h5-6,9H,7-8H2,1-4H3. The molecule has 106 valence electrons. The Hall–Kier alpha value is -0.940. The third kappa shape index (κ3) is 6.68. The van der Waals surface area contributed by atoms with E-state index in [-0.39, 0.29) is 12.0 Å². The van der Waals surface area contributed by atoms with Gasteiger partial charge in [0.25, 0.3) is 0 Å². The molecule has 1 aromatic heterocycles. The smallest absolute Gasteiger partial charge is 0.221 e. The summed E-state index contributed by atoms with van der Waals surface area (Å²) in [5.74, 6) is 0. The lowest BCUT2D eigenvalue weighted by molar-refractivity contribution is -0.112. The zero-order chi connectivity index (χ0) is 14.5. The van der Waals surface area contributed by atoms with Crippen LogP contribution in [0.15, 0.2) is 27.7 Å². The quantitative estimate of drug-likeness (QED) is 0.568. The first-order valence-corrected chi connectivity index (χ1v) is 7.31. The summed E-state index contributed by atoms with van der Waals surface area (Å²) in [4.78, 5) is 10.9. The molecule has 0 radical (unpaired) electrons. The van der Waals surface area contributed by atoms with Gasteiger partial charge in [-0.15, -0.1) is 16.5 Å². The van der Waals surface area contributed by atoms with Crippen LogP contribution in [-0.2, 0) is 4.79 Å². The molecular formula is C13H19ClN2O2S. The Morgan fingerprint density at radius 3 is 2.53 bits per heavy atom. The Bertz CT molecular complexity index is 440. The molecule has 0 amide bonds. The Balaban J connectivity index is 2.82. The maximum atomic E-state index is 10.9. The highest BCUT2D eigenvalue weighted by Gasteiger charge is 2.28. The molecule has 1 unspecified atom stereocenters. The molecule has 0 saturated heterocycles. The maximum Gasteiger partial charge on any atom is 0.221 e. The Kier molecular flexibility index (Phi) is 5.50. The van der Waals surface area contributed by atoms with Crippen molar-refractivity contribution < 1.29 is 9.53 Å². The summed E-state index contributed by atoms with van der Waals surface area (Å²) in [6.45, 7) is 7.67. The van der Waals surface area contributed by atoms with Crippen molar-refractivity contribution in [1.29, 1.82) is 0 Å². The monoisotopic (exact) mass is 302 g/mol. The lowest BCUT2D eigenvalue weighted by atomic mass is 10.1. The summed E-state index contributed by atoms with van der Waals surface area (Å²) < 4.78 is 5.84. The third-order valence-electron chi connectivity index (χ3n) is 2.16. The van der Waals surface area contributed by atoms with E-state index >= 15 is 0 Å². The zero-order valence-electron chi connectivity index (χ0n) is 11.6. The zero-order valence-corrected chi connectivity index (χ0v) is 13.2. The second kappa shape index (κ2) is 6.48. The molecule has 0 bridgehead atoms. The average molecular weight is 303 g/mol. The lowest BCUT2D eigenvalue weighted by Gasteiger charge is -2.25. The Morgan fingerprint density at radius 2 is 2.05 bits per heavy atom. The van der Waals surface area contributed by atoms with Gasteiger partial charge in [-0.25, -0.2) is 0 Å². The van der Waals surface area contributed by atoms with Crippen molar-refractivity contribution in [3.8, 4) is 5.06 Å². The van der Waals surface area contributed by atoms with Crippen LogP contribution in [0.3, 0.4) is 0 Å². The predicted molar refractivity (Wildman–Crippen MR) is 78.1 cm³/mol. The van der Waals surface area contributed by atoms with Gasteiger partial charge in [0.05, 0.1) is 5.54 Å². The first kappa shape index (κ1) is 16.1. The molecule has 1 rings (SSSR count). The van der Waals surface area contributed by atoms with E-state index in [9.17, 15) is 4.79 Å². The highest BCUT2D eigenvalue weighted by atomic mass is 35.5. The fraction of sp³-hybridized carbons (Fsp3) is 0.615. The maximum absolute atomic E-state index is 10.9. The average Bonchev–Trinajstić information content (AvgIpc) is 2.76. The van der Waals surface area contributed by atoms with Crippen LogP contribution in [0.4, 0.5) is 0 Å². The van der Waals surface area contributed by atoms with Crippen LogP contribution in [0.25, 0.3) is 0 Å². The summed E-state index contributed by atoms with van der Waals surface area (Å²) >= 11 is 6.87. The van der Waals surface area contributed by atoms with Crippen LogP contribution in [0.1, 0.15) is 40.5 Å². The second-order valence-corrected chi connectivity index (χ2v) is 6.77. The first-order valence-electron chi connectivity index (χ1n) is 6.05. The minimum atomic E-state index is -0.872. The van der Waals surface area contributed by atoms with Gasteiger partial charge in [0.15, 0.2) is 5.06 Å². The summed E-state index contributed by atoms with van der Waals surface area (Å²) in [6.07, 6.45) is 0.597. The number of rotatable bonds is 6. The molecule has 0 aromatic carbocycles. The first-order chi connectivity index (χ1) is 8.70. The molecule has 0 saturated carbocycles. The van der Waals surface area contributed by atoms with E-state index in [4.69, 9.17) is 16.3 Å². The number of azo groups is 1. The molecule has 0 spiro atoms. The van der Waals surface area contributed by atoms with E-state index in [2.05, 4.69) is 10.2 Å². The number of ether oxygens (including phenoxy) is 1. The Labute approximate surface area is 122 Å². The van der Waals surface area contributed by atoms with Gasteiger partial charge in [0.1, 0.15) is 0 Å². The number of carbonyl (C=O) groups excluding carboxylic acids is 1. The Morgan fingerprint density at radius 1 is 1.37 bits per heavy atom. The molecule has 1 atom stereocenters. The van der Waals surface area contributed by atoms with E-state index in [1.807, 2.05) is 45.2 Å². The van der Waals surface area contributed by atoms with Crippen molar-refractivity contribution in [2.45, 2.75) is 51.8 Å². The van der Waals surface area contributed by atoms with E-state index in [1.165, 1.54) is 11.3 Å². The summed E-state index contributed by atoms with van der Waals surface area (Å²) in [5.41, 5.74) is -1.16. The third-order valence-corrected chi connectivity index (χ3v) is 3.10. The number of nitrogens with zero attached hydrogens (tertiary/aromatic N) is 2. The van der Waals surface area contributed by atoms with E-state index in [0.717, 1.165) is 5.06 Å². The van der Waals surface area contributed by atoms with Gasteiger partial charge in [-0.2, -0.15) is 5.11 Å². The van der Waals surface area contributed by atoms with Crippen molar-refractivity contribution in [1.82, 2.24) is 0 Å². The highest BCUT2D eigenvalue weighted by Crippen LogP contribution is 2.29. The van der Waals surface area contributed by atoms with Gasteiger partial charge in [-0.05, 0) is 56.8 Å². The number of carbonyl (C=O) groups is 1. The van der Waals surface area contributed by atoms with Gasteiger partial charge in [-0.1, -0.05) is 0 Å². The normalized spacial score (nSPS) is 15.4. The van der Waals surface area contributed by atoms with Gasteiger partial charge in [-0.3, -0.25) is 4.79 Å².